The minimum Gasteiger partial charge on any atom is -0.374 e. The molecular weight excluding hydrogens is 224 g/mol. The fourth-order valence-corrected chi connectivity index (χ4v) is 4.29. The summed E-state index contributed by atoms with van der Waals surface area (Å²) in [4.78, 5) is 0. The van der Waals surface area contributed by atoms with Crippen molar-refractivity contribution in [2.45, 2.75) is 70.9 Å². The number of hydrogen-bond donors (Lipinski definition) is 2. The van der Waals surface area contributed by atoms with Gasteiger partial charge < -0.3 is 4.74 Å². The van der Waals surface area contributed by atoms with Gasteiger partial charge in [0.2, 0.25) is 0 Å². The molecule has 0 aromatic carbocycles. The average molecular weight is 254 g/mol. The first-order valence-corrected chi connectivity index (χ1v) is 7.65. The summed E-state index contributed by atoms with van der Waals surface area (Å²) >= 11 is 0. The molecule has 0 amide bonds. The van der Waals surface area contributed by atoms with Crippen LogP contribution in [0.15, 0.2) is 0 Å². The zero-order valence-corrected chi connectivity index (χ0v) is 12.2. The Labute approximate surface area is 112 Å². The molecule has 2 aliphatic rings. The predicted molar refractivity (Wildman–Crippen MR) is 75.0 cm³/mol. The third-order valence-electron chi connectivity index (χ3n) is 5.02. The van der Waals surface area contributed by atoms with Crippen molar-refractivity contribution in [1.29, 1.82) is 0 Å². The first kappa shape index (κ1) is 14.3. The molecule has 2 rings (SSSR count). The maximum Gasteiger partial charge on any atom is 0.0822 e. The van der Waals surface area contributed by atoms with E-state index in [-0.39, 0.29) is 5.60 Å². The molecule has 0 radical (unpaired) electrons. The minimum atomic E-state index is -0.0611. The highest BCUT2D eigenvalue weighted by Crippen LogP contribution is 2.40. The van der Waals surface area contributed by atoms with E-state index in [1.165, 1.54) is 32.1 Å². The molecule has 106 valence electrons. The highest BCUT2D eigenvalue weighted by atomic mass is 16.5. The van der Waals surface area contributed by atoms with E-state index in [9.17, 15) is 0 Å². The van der Waals surface area contributed by atoms with Crippen molar-refractivity contribution in [3.63, 3.8) is 0 Å². The van der Waals surface area contributed by atoms with Crippen molar-refractivity contribution >= 4 is 0 Å². The average Bonchev–Trinajstić information content (AvgIpc) is 2.29. The quantitative estimate of drug-likeness (QED) is 0.601. The lowest BCUT2D eigenvalue weighted by Gasteiger charge is -2.46. The molecule has 2 fully saturated rings. The van der Waals surface area contributed by atoms with Crippen molar-refractivity contribution in [2.24, 2.45) is 23.6 Å². The second-order valence-corrected chi connectivity index (χ2v) is 6.94. The van der Waals surface area contributed by atoms with Crippen molar-refractivity contribution in [2.75, 3.05) is 6.61 Å². The lowest BCUT2D eigenvalue weighted by Crippen LogP contribution is -2.59. The fraction of sp³-hybridized carbons (Fsp3) is 1.00. The van der Waals surface area contributed by atoms with E-state index in [4.69, 9.17) is 10.6 Å². The summed E-state index contributed by atoms with van der Waals surface area (Å²) in [5.41, 5.74) is 3.04. The van der Waals surface area contributed by atoms with Gasteiger partial charge in [-0.2, -0.15) is 0 Å². The highest BCUT2D eigenvalue weighted by molar-refractivity contribution is 4.96. The van der Waals surface area contributed by atoms with Crippen molar-refractivity contribution < 1.29 is 4.74 Å². The van der Waals surface area contributed by atoms with E-state index in [2.05, 4.69) is 26.2 Å². The molecule has 3 nitrogen and oxygen atoms in total. The molecule has 1 saturated heterocycles. The van der Waals surface area contributed by atoms with Crippen molar-refractivity contribution in [3.8, 4) is 0 Å². The maximum atomic E-state index is 6.10. The van der Waals surface area contributed by atoms with E-state index in [0.29, 0.717) is 12.0 Å². The van der Waals surface area contributed by atoms with Crippen LogP contribution in [0.3, 0.4) is 0 Å². The van der Waals surface area contributed by atoms with Gasteiger partial charge in [0.15, 0.2) is 0 Å². The second-order valence-electron chi connectivity index (χ2n) is 6.94. The summed E-state index contributed by atoms with van der Waals surface area (Å²) in [5, 5.41) is 0. The summed E-state index contributed by atoms with van der Waals surface area (Å²) in [7, 11) is 0. The summed E-state index contributed by atoms with van der Waals surface area (Å²) in [6.07, 6.45) is 7.56. The Morgan fingerprint density at radius 1 is 1.17 bits per heavy atom. The lowest BCUT2D eigenvalue weighted by molar-refractivity contribution is -0.106. The van der Waals surface area contributed by atoms with Gasteiger partial charge in [-0.15, -0.1) is 0 Å². The van der Waals surface area contributed by atoms with Crippen molar-refractivity contribution in [1.82, 2.24) is 5.43 Å². The normalized spacial score (nSPS) is 43.7. The number of nitrogens with two attached hydrogens (primary N) is 1. The molecule has 4 unspecified atom stereocenters. The largest absolute Gasteiger partial charge is 0.374 e. The summed E-state index contributed by atoms with van der Waals surface area (Å²) < 4.78 is 6.10. The van der Waals surface area contributed by atoms with Crippen LogP contribution in [0.4, 0.5) is 0 Å². The summed E-state index contributed by atoms with van der Waals surface area (Å²) in [5.74, 6) is 8.19. The molecule has 0 aromatic heterocycles. The standard InChI is InChI=1S/C15H30N2O/c1-11-8-12(2)10-13(9-11)14(17-16)15(3)6-4-5-7-18-15/h11-14,17H,4-10,16H2,1-3H3. The Morgan fingerprint density at radius 2 is 1.83 bits per heavy atom. The van der Waals surface area contributed by atoms with Gasteiger partial charge in [-0.1, -0.05) is 13.8 Å². The zero-order chi connectivity index (χ0) is 13.2. The molecule has 0 spiro atoms. The number of ether oxygens (including phenoxy) is 1. The Bertz CT molecular complexity index is 253. The predicted octanol–water partition coefficient (Wildman–Crippen LogP) is 2.85. The monoisotopic (exact) mass is 254 g/mol. The van der Waals surface area contributed by atoms with Gasteiger partial charge in [-0.05, 0) is 63.2 Å². The Morgan fingerprint density at radius 3 is 2.33 bits per heavy atom. The third kappa shape index (κ3) is 3.06. The van der Waals surface area contributed by atoms with Gasteiger partial charge in [-0.25, -0.2) is 0 Å². The van der Waals surface area contributed by atoms with Gasteiger partial charge in [0.1, 0.15) is 0 Å². The van der Waals surface area contributed by atoms with Gasteiger partial charge in [0.25, 0.3) is 0 Å². The van der Waals surface area contributed by atoms with Crippen LogP contribution in [0.25, 0.3) is 0 Å². The van der Waals surface area contributed by atoms with E-state index >= 15 is 0 Å². The smallest absolute Gasteiger partial charge is 0.0822 e. The topological polar surface area (TPSA) is 47.3 Å². The van der Waals surface area contributed by atoms with Crippen molar-refractivity contribution in [3.05, 3.63) is 0 Å². The molecule has 1 aliphatic carbocycles. The SMILES string of the molecule is CC1CC(C)CC(C(NN)C2(C)CCCCO2)C1. The molecule has 18 heavy (non-hydrogen) atoms. The van der Waals surface area contributed by atoms with Crippen LogP contribution >= 0.6 is 0 Å². The molecule has 1 heterocycles. The van der Waals surface area contributed by atoms with Crippen LogP contribution in [0.2, 0.25) is 0 Å². The first-order chi connectivity index (χ1) is 8.55. The molecule has 1 saturated carbocycles. The van der Waals surface area contributed by atoms with Crippen LogP contribution in [0, 0.1) is 17.8 Å². The third-order valence-corrected chi connectivity index (χ3v) is 5.02. The highest BCUT2D eigenvalue weighted by Gasteiger charge is 2.42. The van der Waals surface area contributed by atoms with Crippen LogP contribution in [0.1, 0.15) is 59.3 Å². The minimum absolute atomic E-state index is 0.0611. The summed E-state index contributed by atoms with van der Waals surface area (Å²) in [6, 6.07) is 0.308. The van der Waals surface area contributed by atoms with E-state index in [1.54, 1.807) is 0 Å². The molecule has 3 N–H and O–H groups in total. The summed E-state index contributed by atoms with van der Waals surface area (Å²) in [6.45, 7) is 7.90. The van der Waals surface area contributed by atoms with E-state index in [1.807, 2.05) is 0 Å². The lowest BCUT2D eigenvalue weighted by atomic mass is 9.69. The van der Waals surface area contributed by atoms with Crippen LogP contribution < -0.4 is 11.3 Å². The zero-order valence-electron chi connectivity index (χ0n) is 12.2. The molecule has 1 aliphatic heterocycles. The molecule has 3 heteroatoms. The van der Waals surface area contributed by atoms with Gasteiger partial charge >= 0.3 is 0 Å². The number of hydrogen-bond acceptors (Lipinski definition) is 3. The van der Waals surface area contributed by atoms with Crippen LogP contribution in [-0.2, 0) is 4.74 Å². The maximum absolute atomic E-state index is 6.10. The Hall–Kier alpha value is -0.120. The molecular formula is C15H30N2O. The Kier molecular flexibility index (Phi) is 4.68. The molecule has 4 atom stereocenters. The number of nitrogens with one attached hydrogen (secondary N) is 1. The van der Waals surface area contributed by atoms with E-state index in [0.717, 1.165) is 24.9 Å². The van der Waals surface area contributed by atoms with Gasteiger partial charge in [0.05, 0.1) is 11.6 Å². The fourth-order valence-electron chi connectivity index (χ4n) is 4.29. The van der Waals surface area contributed by atoms with Crippen LogP contribution in [-0.4, -0.2) is 18.2 Å². The van der Waals surface area contributed by atoms with Gasteiger partial charge in [0, 0.05) is 6.61 Å². The number of rotatable bonds is 3. The van der Waals surface area contributed by atoms with E-state index < -0.39 is 0 Å². The molecule has 0 bridgehead atoms. The molecule has 0 aromatic rings. The first-order valence-electron chi connectivity index (χ1n) is 7.65. The number of hydrazine groups is 1. The Balaban J connectivity index is 2.06. The second kappa shape index (κ2) is 5.89. The van der Waals surface area contributed by atoms with Crippen LogP contribution in [0.5, 0.6) is 0 Å². The van der Waals surface area contributed by atoms with Gasteiger partial charge in [-0.3, -0.25) is 11.3 Å².